The predicted molar refractivity (Wildman–Crippen MR) is 77.5 cm³/mol. The minimum Gasteiger partial charge on any atom is -0.477 e. The van der Waals surface area contributed by atoms with E-state index < -0.39 is 11.8 Å². The fraction of sp³-hybridized carbons (Fsp3) is 0.933. The van der Waals surface area contributed by atoms with Gasteiger partial charge < -0.3 is 19.9 Å². The molecule has 0 aliphatic carbocycles. The number of rotatable bonds is 6. The van der Waals surface area contributed by atoms with E-state index in [4.69, 9.17) is 9.47 Å². The van der Waals surface area contributed by atoms with Gasteiger partial charge in [0.05, 0.1) is 6.10 Å². The molecule has 0 saturated carbocycles. The zero-order valence-corrected chi connectivity index (χ0v) is 13.5. The number of ether oxygens (including phenoxy) is 2. The molecule has 0 bridgehead atoms. The molecule has 1 rings (SSSR count). The van der Waals surface area contributed by atoms with E-state index in [0.29, 0.717) is 12.3 Å². The van der Waals surface area contributed by atoms with Gasteiger partial charge in [-0.2, -0.15) is 0 Å². The average molecular weight is 287 g/mol. The molecule has 1 aliphatic heterocycles. The third kappa shape index (κ3) is 3.15. The van der Waals surface area contributed by atoms with Gasteiger partial charge in [-0.15, -0.1) is 0 Å². The number of hydrogen-bond acceptors (Lipinski definition) is 4. The molecule has 0 aromatic heterocycles. The Morgan fingerprint density at radius 3 is 2.55 bits per heavy atom. The Morgan fingerprint density at radius 1 is 1.55 bits per heavy atom. The smallest absolute Gasteiger partial charge is 0.364 e. The van der Waals surface area contributed by atoms with E-state index in [1.807, 2.05) is 7.05 Å². The number of aliphatic carboxylic acids is 1. The van der Waals surface area contributed by atoms with Crippen LogP contribution >= 0.6 is 0 Å². The van der Waals surface area contributed by atoms with E-state index in [1.54, 1.807) is 0 Å². The van der Waals surface area contributed by atoms with Crippen molar-refractivity contribution in [1.82, 2.24) is 5.32 Å². The number of hydrogen-bond donors (Lipinski definition) is 2. The zero-order chi connectivity index (χ0) is 15.5. The molecule has 0 aromatic carbocycles. The largest absolute Gasteiger partial charge is 0.477 e. The van der Waals surface area contributed by atoms with Crippen LogP contribution in [0.3, 0.4) is 0 Å². The Labute approximate surface area is 122 Å². The van der Waals surface area contributed by atoms with Crippen molar-refractivity contribution in [2.75, 3.05) is 14.2 Å². The second-order valence-corrected chi connectivity index (χ2v) is 6.09. The molecule has 20 heavy (non-hydrogen) atoms. The minimum atomic E-state index is -1.51. The molecule has 1 heterocycles. The summed E-state index contributed by atoms with van der Waals surface area (Å²) in [5.74, 6) is -1.67. The van der Waals surface area contributed by atoms with Gasteiger partial charge in [0.15, 0.2) is 0 Å². The van der Waals surface area contributed by atoms with Gasteiger partial charge in [-0.05, 0) is 24.8 Å². The average Bonchev–Trinajstić information content (AvgIpc) is 2.44. The molecule has 0 radical (unpaired) electrons. The SMILES string of the molecule is CC[C@@H](C)[C@@H](C)C1OC(OC)(C(=O)O)CC(C)C1NC. The lowest BCUT2D eigenvalue weighted by Gasteiger charge is -2.47. The molecule has 0 amide bonds. The monoisotopic (exact) mass is 287 g/mol. The zero-order valence-electron chi connectivity index (χ0n) is 13.5. The highest BCUT2D eigenvalue weighted by Crippen LogP contribution is 2.38. The summed E-state index contributed by atoms with van der Waals surface area (Å²) in [5, 5.41) is 12.8. The van der Waals surface area contributed by atoms with Gasteiger partial charge in [-0.1, -0.05) is 34.1 Å². The molecule has 0 aromatic rings. The van der Waals surface area contributed by atoms with Crippen LogP contribution in [0.15, 0.2) is 0 Å². The number of likely N-dealkylation sites (N-methyl/N-ethyl adjacent to an activating group) is 1. The van der Waals surface area contributed by atoms with Gasteiger partial charge >= 0.3 is 5.97 Å². The summed E-state index contributed by atoms with van der Waals surface area (Å²) >= 11 is 0. The maximum Gasteiger partial charge on any atom is 0.364 e. The summed E-state index contributed by atoms with van der Waals surface area (Å²) in [6.07, 6.45) is 1.22. The first-order chi connectivity index (χ1) is 9.32. The van der Waals surface area contributed by atoms with Crippen molar-refractivity contribution >= 4 is 5.97 Å². The first kappa shape index (κ1) is 17.4. The van der Waals surface area contributed by atoms with Crippen LogP contribution in [0.4, 0.5) is 0 Å². The van der Waals surface area contributed by atoms with Crippen LogP contribution in [-0.4, -0.2) is 43.2 Å². The lowest BCUT2D eigenvalue weighted by molar-refractivity contribution is -0.288. The molecular weight excluding hydrogens is 258 g/mol. The van der Waals surface area contributed by atoms with Gasteiger partial charge in [0.25, 0.3) is 5.79 Å². The molecule has 5 heteroatoms. The Hall–Kier alpha value is -0.650. The van der Waals surface area contributed by atoms with Crippen LogP contribution in [0, 0.1) is 17.8 Å². The van der Waals surface area contributed by atoms with Crippen LogP contribution in [0.1, 0.15) is 40.5 Å². The molecule has 0 spiro atoms. The van der Waals surface area contributed by atoms with Gasteiger partial charge in [0.2, 0.25) is 0 Å². The van der Waals surface area contributed by atoms with Crippen molar-refractivity contribution in [2.24, 2.45) is 17.8 Å². The topological polar surface area (TPSA) is 67.8 Å². The minimum absolute atomic E-state index is 0.140. The lowest BCUT2D eigenvalue weighted by Crippen LogP contribution is -2.61. The summed E-state index contributed by atoms with van der Waals surface area (Å²) in [6.45, 7) is 8.50. The summed E-state index contributed by atoms with van der Waals surface area (Å²) in [7, 11) is 3.31. The van der Waals surface area contributed by atoms with Crippen LogP contribution in [0.25, 0.3) is 0 Å². The first-order valence-electron chi connectivity index (χ1n) is 7.46. The van der Waals surface area contributed by atoms with Crippen LogP contribution < -0.4 is 5.32 Å². The molecule has 4 unspecified atom stereocenters. The number of nitrogens with one attached hydrogen (secondary N) is 1. The molecule has 1 fully saturated rings. The molecule has 5 nitrogen and oxygen atoms in total. The maximum absolute atomic E-state index is 11.6. The highest BCUT2D eigenvalue weighted by Gasteiger charge is 2.52. The van der Waals surface area contributed by atoms with Gasteiger partial charge in [-0.3, -0.25) is 0 Å². The van der Waals surface area contributed by atoms with Crippen LogP contribution in [0.2, 0.25) is 0 Å². The third-order valence-electron chi connectivity index (χ3n) is 4.93. The van der Waals surface area contributed by atoms with Gasteiger partial charge in [-0.25, -0.2) is 4.79 Å². The van der Waals surface area contributed by atoms with Crippen molar-refractivity contribution in [2.45, 2.75) is 58.5 Å². The Kier molecular flexibility index (Phi) is 5.98. The standard InChI is InChI=1S/C15H29NO4/c1-7-9(2)11(4)13-12(16-5)10(3)8-15(19-6,20-13)14(17)18/h9-13,16H,7-8H2,1-6H3,(H,17,18)/t9-,10?,11-,12?,13?,15?/m1/s1. The van der Waals surface area contributed by atoms with E-state index in [2.05, 4.69) is 33.0 Å². The normalized spacial score (nSPS) is 37.4. The van der Waals surface area contributed by atoms with Crippen molar-refractivity contribution in [3.63, 3.8) is 0 Å². The second kappa shape index (κ2) is 6.87. The third-order valence-corrected chi connectivity index (χ3v) is 4.93. The van der Waals surface area contributed by atoms with Crippen molar-refractivity contribution < 1.29 is 19.4 Å². The van der Waals surface area contributed by atoms with Crippen molar-refractivity contribution in [3.05, 3.63) is 0 Å². The fourth-order valence-corrected chi connectivity index (χ4v) is 3.15. The van der Waals surface area contributed by atoms with E-state index in [1.165, 1.54) is 7.11 Å². The van der Waals surface area contributed by atoms with Crippen molar-refractivity contribution in [1.29, 1.82) is 0 Å². The highest BCUT2D eigenvalue weighted by molar-refractivity contribution is 5.75. The Morgan fingerprint density at radius 2 is 2.15 bits per heavy atom. The van der Waals surface area contributed by atoms with E-state index in [0.717, 1.165) is 6.42 Å². The number of carboxylic acid groups (broad SMARTS) is 1. The van der Waals surface area contributed by atoms with Crippen LogP contribution in [0.5, 0.6) is 0 Å². The number of carboxylic acids is 1. The Bertz CT molecular complexity index is 336. The highest BCUT2D eigenvalue weighted by atomic mass is 16.7. The van der Waals surface area contributed by atoms with E-state index in [-0.39, 0.29) is 24.0 Å². The summed E-state index contributed by atoms with van der Waals surface area (Å²) < 4.78 is 11.2. The Balaban J connectivity index is 3.06. The van der Waals surface area contributed by atoms with E-state index in [9.17, 15) is 9.90 Å². The lowest BCUT2D eigenvalue weighted by atomic mass is 9.77. The second-order valence-electron chi connectivity index (χ2n) is 6.09. The molecule has 118 valence electrons. The summed E-state index contributed by atoms with van der Waals surface area (Å²) in [4.78, 5) is 11.6. The van der Waals surface area contributed by atoms with E-state index >= 15 is 0 Å². The molecule has 1 aliphatic rings. The molecule has 6 atom stereocenters. The maximum atomic E-state index is 11.6. The van der Waals surface area contributed by atoms with Gasteiger partial charge in [0.1, 0.15) is 0 Å². The molecule has 2 N–H and O–H groups in total. The molecular formula is C15H29NO4. The molecule has 1 saturated heterocycles. The number of carbonyl (C=O) groups is 1. The first-order valence-corrected chi connectivity index (χ1v) is 7.46. The fourth-order valence-electron chi connectivity index (χ4n) is 3.15. The number of methoxy groups -OCH3 is 1. The summed E-state index contributed by atoms with van der Waals surface area (Å²) in [5.41, 5.74) is 0. The van der Waals surface area contributed by atoms with Crippen LogP contribution in [-0.2, 0) is 14.3 Å². The van der Waals surface area contributed by atoms with Gasteiger partial charge in [0, 0.05) is 19.6 Å². The van der Waals surface area contributed by atoms with Crippen molar-refractivity contribution in [3.8, 4) is 0 Å². The summed E-state index contributed by atoms with van der Waals surface area (Å²) in [6, 6.07) is 0.140. The quantitative estimate of drug-likeness (QED) is 0.783. The predicted octanol–water partition coefficient (Wildman–Crippen LogP) is 2.11.